The summed E-state index contributed by atoms with van der Waals surface area (Å²) in [6, 6.07) is 8.51. The van der Waals surface area contributed by atoms with Gasteiger partial charge in [-0.1, -0.05) is 50.2 Å². The lowest BCUT2D eigenvalue weighted by Gasteiger charge is -2.53. The van der Waals surface area contributed by atoms with Gasteiger partial charge in [-0.25, -0.2) is 14.2 Å². The molecule has 2 heterocycles. The minimum absolute atomic E-state index is 0.188. The van der Waals surface area contributed by atoms with Gasteiger partial charge in [-0.15, -0.1) is 0 Å². The van der Waals surface area contributed by atoms with Gasteiger partial charge in [0.2, 0.25) is 0 Å². The molecule has 0 spiro atoms. The van der Waals surface area contributed by atoms with Crippen molar-refractivity contribution in [3.63, 3.8) is 0 Å². The lowest BCUT2D eigenvalue weighted by molar-refractivity contribution is -0.0158. The number of ether oxygens (including phenoxy) is 1. The van der Waals surface area contributed by atoms with Crippen molar-refractivity contribution >= 4 is 11.9 Å². The second-order valence-electron chi connectivity index (χ2n) is 14.5. The number of amides is 1. The molecular weight excluding hydrogens is 573 g/mol. The summed E-state index contributed by atoms with van der Waals surface area (Å²) < 4.78 is 53.4. The Morgan fingerprint density at radius 1 is 1.02 bits per heavy atom. The Hall–Kier alpha value is -3.47. The molecule has 6 rings (SSSR count). The molecule has 0 aliphatic heterocycles. The van der Waals surface area contributed by atoms with Crippen molar-refractivity contribution in [1.29, 1.82) is 0 Å². The SMILES string of the molecule is CC(C)(C)COC(=O)N(CC12CCC(c3noc(C(C)(F)F)n3)(CC1)CC2)c1cc(-c2ccc(C(C)(C)O)cc2)c(F)cn1. The minimum atomic E-state index is -3.21. The molecule has 44 heavy (non-hydrogen) atoms. The third kappa shape index (κ3) is 6.62. The number of benzene rings is 1. The van der Waals surface area contributed by atoms with E-state index < -0.39 is 34.7 Å². The summed E-state index contributed by atoms with van der Waals surface area (Å²) in [4.78, 5) is 23.5. The number of pyridine rings is 1. The van der Waals surface area contributed by atoms with Crippen LogP contribution in [0.2, 0.25) is 0 Å². The number of aromatic nitrogens is 3. The van der Waals surface area contributed by atoms with Crippen molar-refractivity contribution in [2.75, 3.05) is 18.1 Å². The Morgan fingerprint density at radius 3 is 2.16 bits per heavy atom. The van der Waals surface area contributed by atoms with E-state index in [0.29, 0.717) is 42.8 Å². The number of hydrogen-bond acceptors (Lipinski definition) is 7. The van der Waals surface area contributed by atoms with E-state index in [-0.39, 0.29) is 28.8 Å². The maximum atomic E-state index is 15.1. The van der Waals surface area contributed by atoms with Gasteiger partial charge in [0.25, 0.3) is 5.89 Å². The molecule has 0 saturated heterocycles. The highest BCUT2D eigenvalue weighted by molar-refractivity contribution is 5.87. The number of hydrogen-bond donors (Lipinski definition) is 1. The lowest BCUT2D eigenvalue weighted by atomic mass is 9.53. The Kier molecular flexibility index (Phi) is 8.10. The van der Waals surface area contributed by atoms with Crippen LogP contribution in [0.3, 0.4) is 0 Å². The molecule has 3 fully saturated rings. The fourth-order valence-electron chi connectivity index (χ4n) is 6.24. The number of nitrogens with zero attached hydrogens (tertiary/aromatic N) is 4. The van der Waals surface area contributed by atoms with Gasteiger partial charge >= 0.3 is 12.0 Å². The van der Waals surface area contributed by atoms with Crippen LogP contribution in [0.15, 0.2) is 41.1 Å². The first-order valence-corrected chi connectivity index (χ1v) is 15.1. The molecule has 0 atom stereocenters. The van der Waals surface area contributed by atoms with E-state index in [1.165, 1.54) is 4.90 Å². The van der Waals surface area contributed by atoms with Crippen molar-refractivity contribution in [2.45, 2.75) is 97.0 Å². The number of carbonyl (C=O) groups is 1. The van der Waals surface area contributed by atoms with Crippen molar-refractivity contribution in [3.05, 3.63) is 59.6 Å². The molecule has 2 aromatic heterocycles. The first-order valence-electron chi connectivity index (χ1n) is 15.1. The maximum Gasteiger partial charge on any atom is 0.415 e. The fraction of sp³-hybridized carbons (Fsp3) is 0.576. The number of anilines is 1. The van der Waals surface area contributed by atoms with Crippen molar-refractivity contribution < 1.29 is 32.3 Å². The summed E-state index contributed by atoms with van der Waals surface area (Å²) in [5, 5.41) is 14.3. The molecule has 1 amide bonds. The van der Waals surface area contributed by atoms with Crippen LogP contribution in [0.4, 0.5) is 23.8 Å². The van der Waals surface area contributed by atoms with Crippen LogP contribution in [0.25, 0.3) is 11.1 Å². The van der Waals surface area contributed by atoms with E-state index in [2.05, 4.69) is 15.1 Å². The third-order valence-electron chi connectivity index (χ3n) is 9.04. The summed E-state index contributed by atoms with van der Waals surface area (Å²) in [5.41, 5.74) is -0.478. The van der Waals surface area contributed by atoms with Crippen molar-refractivity contribution in [3.8, 4) is 11.1 Å². The van der Waals surface area contributed by atoms with Crippen molar-refractivity contribution in [2.24, 2.45) is 10.8 Å². The van der Waals surface area contributed by atoms with Crippen LogP contribution in [-0.4, -0.2) is 39.5 Å². The van der Waals surface area contributed by atoms with Gasteiger partial charge in [0.15, 0.2) is 5.82 Å². The molecule has 0 radical (unpaired) electrons. The first kappa shape index (κ1) is 31.9. The predicted octanol–water partition coefficient (Wildman–Crippen LogP) is 7.89. The topological polar surface area (TPSA) is 102 Å². The van der Waals surface area contributed by atoms with E-state index >= 15 is 4.39 Å². The zero-order chi connectivity index (χ0) is 32.1. The number of aliphatic hydroxyl groups is 1. The number of alkyl halides is 2. The quantitative estimate of drug-likeness (QED) is 0.275. The fourth-order valence-corrected chi connectivity index (χ4v) is 6.24. The Morgan fingerprint density at radius 2 is 1.64 bits per heavy atom. The summed E-state index contributed by atoms with van der Waals surface area (Å²) in [7, 11) is 0. The average molecular weight is 615 g/mol. The van der Waals surface area contributed by atoms with Gasteiger partial charge in [-0.05, 0) is 80.4 Å². The molecular formula is C33H41F3N4O4. The molecule has 3 aromatic rings. The normalized spacial score (nSPS) is 22.2. The summed E-state index contributed by atoms with van der Waals surface area (Å²) in [5.74, 6) is -3.82. The number of carbonyl (C=O) groups excluding carboxylic acids is 1. The van der Waals surface area contributed by atoms with E-state index in [4.69, 9.17) is 9.26 Å². The van der Waals surface area contributed by atoms with Crippen LogP contribution in [0.5, 0.6) is 0 Å². The third-order valence-corrected chi connectivity index (χ3v) is 9.04. The van der Waals surface area contributed by atoms with E-state index in [1.807, 2.05) is 20.8 Å². The largest absolute Gasteiger partial charge is 0.449 e. The highest BCUT2D eigenvalue weighted by Gasteiger charge is 2.53. The zero-order valence-corrected chi connectivity index (χ0v) is 26.2. The Bertz CT molecular complexity index is 1480. The van der Waals surface area contributed by atoms with Crippen molar-refractivity contribution in [1.82, 2.24) is 15.1 Å². The number of fused-ring (bicyclic) bond motifs is 3. The maximum absolute atomic E-state index is 15.1. The molecule has 11 heteroatoms. The van der Waals surface area contributed by atoms with Crippen LogP contribution in [-0.2, 0) is 21.7 Å². The van der Waals surface area contributed by atoms with Gasteiger partial charge in [0, 0.05) is 24.4 Å². The molecule has 0 unspecified atom stereocenters. The minimum Gasteiger partial charge on any atom is -0.449 e. The summed E-state index contributed by atoms with van der Waals surface area (Å²) in [6.45, 7) is 10.5. The molecule has 1 N–H and O–H groups in total. The molecule has 3 aliphatic carbocycles. The monoisotopic (exact) mass is 614 g/mol. The molecule has 238 valence electrons. The average Bonchev–Trinajstić information content (AvgIpc) is 3.48. The summed E-state index contributed by atoms with van der Waals surface area (Å²) in [6.07, 6.45) is 4.71. The van der Waals surface area contributed by atoms with Crippen LogP contribution >= 0.6 is 0 Å². The predicted molar refractivity (Wildman–Crippen MR) is 159 cm³/mol. The van der Waals surface area contributed by atoms with E-state index in [9.17, 15) is 18.7 Å². The molecule has 3 aliphatic rings. The van der Waals surface area contributed by atoms with Gasteiger partial charge in [-0.2, -0.15) is 13.8 Å². The van der Waals surface area contributed by atoms with Crippen LogP contribution < -0.4 is 4.90 Å². The van der Waals surface area contributed by atoms with E-state index in [0.717, 1.165) is 32.4 Å². The molecule has 3 saturated carbocycles. The Labute approximate surface area is 256 Å². The standard InChI is InChI=1S/C33H41F3N4O4/c1-29(2,3)20-43-28(41)40(25-17-23(24(34)18-37-25)21-7-9-22(10-8-21)30(4,5)42)19-32-11-14-33(15-12-32,16-13-32)26-38-27(44-39-26)31(6,35)36/h7-10,17-18,42H,11-16,19-20H2,1-6H3. The smallest absolute Gasteiger partial charge is 0.415 e. The number of halogens is 3. The molecule has 1 aromatic carbocycles. The highest BCUT2D eigenvalue weighted by Crippen LogP contribution is 2.57. The van der Waals surface area contributed by atoms with E-state index in [1.54, 1.807) is 44.2 Å². The highest BCUT2D eigenvalue weighted by atomic mass is 19.3. The first-order chi connectivity index (χ1) is 20.4. The zero-order valence-electron chi connectivity index (χ0n) is 26.2. The van der Waals surface area contributed by atoms with Gasteiger partial charge in [-0.3, -0.25) is 4.90 Å². The lowest BCUT2D eigenvalue weighted by Crippen LogP contribution is -2.51. The molecule has 2 bridgehead atoms. The van der Waals surface area contributed by atoms with Crippen LogP contribution in [0, 0.1) is 16.6 Å². The summed E-state index contributed by atoms with van der Waals surface area (Å²) >= 11 is 0. The Balaban J connectivity index is 1.42. The number of rotatable bonds is 8. The second-order valence-corrected chi connectivity index (χ2v) is 14.5. The van der Waals surface area contributed by atoms with Gasteiger partial charge in [0.05, 0.1) is 18.4 Å². The van der Waals surface area contributed by atoms with Gasteiger partial charge < -0.3 is 14.4 Å². The van der Waals surface area contributed by atoms with Gasteiger partial charge in [0.1, 0.15) is 11.6 Å². The molecule has 8 nitrogen and oxygen atoms in total. The van der Waals surface area contributed by atoms with Crippen LogP contribution in [0.1, 0.15) is 97.3 Å². The second kappa shape index (κ2) is 11.2.